The van der Waals surface area contributed by atoms with Crippen molar-refractivity contribution in [3.63, 3.8) is 0 Å². The van der Waals surface area contributed by atoms with E-state index in [0.717, 1.165) is 29.2 Å². The Morgan fingerprint density at radius 2 is 1.78 bits per heavy atom. The first kappa shape index (κ1) is 26.5. The highest BCUT2D eigenvalue weighted by Crippen LogP contribution is 2.30. The zero-order valence-corrected chi connectivity index (χ0v) is 21.7. The Labute approximate surface area is 205 Å². The van der Waals surface area contributed by atoms with Crippen LogP contribution in [0.2, 0.25) is 0 Å². The number of hydrazone groups is 1. The molecule has 0 radical (unpaired) electrons. The largest absolute Gasteiger partial charge is 0.600 e. The summed E-state index contributed by atoms with van der Waals surface area (Å²) in [5.41, 5.74) is 4.45. The summed E-state index contributed by atoms with van der Waals surface area (Å²) in [5.74, 6) is 1.25. The smallest absolute Gasteiger partial charge is 0.144 e. The molecule has 8 unspecified atom stereocenters. The molecule has 3 aliphatic rings. The lowest BCUT2D eigenvalue weighted by molar-refractivity contribution is -1.09. The van der Waals surface area contributed by atoms with Gasteiger partial charge in [-0.3, -0.25) is 0 Å². The number of rotatable bonds is 8. The molecule has 3 fully saturated rings. The molecular formula is C22H43IN5O4+. The molecular weight excluding hydrogens is 525 g/mol. The second-order valence-electron chi connectivity index (χ2n) is 10.4. The molecule has 0 aromatic carbocycles. The van der Waals surface area contributed by atoms with Crippen molar-refractivity contribution in [3.05, 3.63) is 10.4 Å². The molecule has 32 heavy (non-hydrogen) atoms. The van der Waals surface area contributed by atoms with Crippen LogP contribution < -0.4 is 20.8 Å². The molecule has 0 aromatic heterocycles. The Bertz CT molecular complexity index is 603. The van der Waals surface area contributed by atoms with Crippen molar-refractivity contribution in [2.75, 3.05) is 13.1 Å². The van der Waals surface area contributed by atoms with Gasteiger partial charge in [0.05, 0.1) is 30.8 Å². The van der Waals surface area contributed by atoms with Gasteiger partial charge in [-0.05, 0) is 58.3 Å². The summed E-state index contributed by atoms with van der Waals surface area (Å²) in [4.78, 5) is 1.62. The van der Waals surface area contributed by atoms with Crippen molar-refractivity contribution in [1.29, 1.82) is 0 Å². The van der Waals surface area contributed by atoms with E-state index in [1.54, 1.807) is 4.90 Å². The van der Waals surface area contributed by atoms with E-state index in [1.807, 2.05) is 0 Å². The van der Waals surface area contributed by atoms with Gasteiger partial charge in [0.2, 0.25) is 0 Å². The fraction of sp³-hybridized carbons (Fsp3) is 0.955. The number of quaternary nitrogens is 3. The van der Waals surface area contributed by atoms with Crippen molar-refractivity contribution in [3.8, 4) is 0 Å². The van der Waals surface area contributed by atoms with Crippen LogP contribution in [0.25, 0.3) is 0 Å². The zero-order chi connectivity index (χ0) is 23.3. The molecule has 1 saturated heterocycles. The monoisotopic (exact) mass is 568 g/mol. The second kappa shape index (κ2) is 12.6. The Morgan fingerprint density at radius 3 is 2.41 bits per heavy atom. The average Bonchev–Trinajstić information content (AvgIpc) is 2.78. The van der Waals surface area contributed by atoms with Crippen LogP contribution in [0, 0.1) is 22.3 Å². The maximum atomic E-state index is 11.9. The first-order chi connectivity index (χ1) is 15.3. The van der Waals surface area contributed by atoms with Crippen LogP contribution in [0.3, 0.4) is 0 Å². The summed E-state index contributed by atoms with van der Waals surface area (Å²) in [6.45, 7) is 6.76. The third-order valence-corrected chi connectivity index (χ3v) is 9.51. The predicted molar refractivity (Wildman–Crippen MR) is 131 cm³/mol. The number of halogens is 1. The number of alkyl halides is 1. The number of nitrogens with zero attached hydrogens (tertiary/aromatic N) is 1. The van der Waals surface area contributed by atoms with E-state index in [4.69, 9.17) is 5.10 Å². The van der Waals surface area contributed by atoms with E-state index in [1.165, 1.54) is 44.4 Å². The van der Waals surface area contributed by atoms with Crippen LogP contribution in [0.1, 0.15) is 78.1 Å². The molecule has 3 rings (SSSR count). The minimum atomic E-state index is -0.920. The fourth-order valence-corrected chi connectivity index (χ4v) is 6.56. The van der Waals surface area contributed by atoms with Crippen LogP contribution in [-0.2, 0) is 0 Å². The van der Waals surface area contributed by atoms with Gasteiger partial charge in [-0.25, -0.2) is 20.9 Å². The van der Waals surface area contributed by atoms with Crippen LogP contribution in [0.5, 0.6) is 0 Å². The first-order valence-corrected chi connectivity index (χ1v) is 13.8. The number of hydrogen-bond donors (Lipinski definition) is 6. The highest BCUT2D eigenvalue weighted by Gasteiger charge is 2.39. The molecule has 1 heterocycles. The maximum Gasteiger partial charge on any atom is 0.144 e. The van der Waals surface area contributed by atoms with Crippen LogP contribution in [-0.4, -0.2) is 57.3 Å². The van der Waals surface area contributed by atoms with Crippen molar-refractivity contribution in [2.24, 2.45) is 16.9 Å². The van der Waals surface area contributed by atoms with Gasteiger partial charge in [0.15, 0.2) is 0 Å². The summed E-state index contributed by atoms with van der Waals surface area (Å²) in [7, 11) is 0. The van der Waals surface area contributed by atoms with E-state index in [-0.39, 0.29) is 12.5 Å². The van der Waals surface area contributed by atoms with E-state index in [2.05, 4.69) is 41.9 Å². The topological polar surface area (TPSA) is 124 Å². The van der Waals surface area contributed by atoms with E-state index >= 15 is 0 Å². The minimum absolute atomic E-state index is 0.180. The molecule has 2 aliphatic carbocycles. The Morgan fingerprint density at radius 1 is 1.06 bits per heavy atom. The molecule has 10 heteroatoms. The summed E-state index contributed by atoms with van der Waals surface area (Å²) in [5, 5.41) is 45.4. The normalized spacial score (nSPS) is 41.2. The van der Waals surface area contributed by atoms with Gasteiger partial charge in [-0.1, -0.05) is 29.5 Å². The van der Waals surface area contributed by atoms with E-state index in [9.17, 15) is 20.8 Å². The van der Waals surface area contributed by atoms with Crippen LogP contribution >= 0.6 is 22.6 Å². The van der Waals surface area contributed by atoms with Crippen LogP contribution in [0.4, 0.5) is 0 Å². The van der Waals surface area contributed by atoms with Gasteiger partial charge in [-0.15, -0.1) is 0 Å². The Balaban J connectivity index is 1.72. The molecule has 0 aromatic rings. The van der Waals surface area contributed by atoms with Gasteiger partial charge in [0, 0.05) is 22.2 Å². The summed E-state index contributed by atoms with van der Waals surface area (Å²) in [6.07, 6.45) is 9.77. The minimum Gasteiger partial charge on any atom is -0.600 e. The van der Waals surface area contributed by atoms with Crippen molar-refractivity contribution < 1.29 is 25.8 Å². The zero-order valence-electron chi connectivity index (χ0n) is 19.6. The molecule has 186 valence electrons. The highest BCUT2D eigenvalue weighted by molar-refractivity contribution is 14.1. The third kappa shape index (κ3) is 7.21. The maximum absolute atomic E-state index is 11.9. The van der Waals surface area contributed by atoms with E-state index in [0.29, 0.717) is 24.8 Å². The average molecular weight is 569 g/mol. The van der Waals surface area contributed by atoms with Gasteiger partial charge >= 0.3 is 0 Å². The Hall–Kier alpha value is -0.0800. The van der Waals surface area contributed by atoms with Crippen LogP contribution in [0.15, 0.2) is 5.10 Å². The van der Waals surface area contributed by atoms with Crippen molar-refractivity contribution in [2.45, 2.75) is 106 Å². The SMILES string of the molecule is CCC1CCC(C)[NH+](CC(=NNC2CCC([NH+]([O-])O)CC2[NH+]([O-])O)C2CCC(I)CC2)C1. The summed E-state index contributed by atoms with van der Waals surface area (Å²) in [6, 6.07) is -0.940. The van der Waals surface area contributed by atoms with Crippen molar-refractivity contribution in [1.82, 2.24) is 5.43 Å². The first-order valence-electron chi connectivity index (χ1n) is 12.5. The molecule has 0 bridgehead atoms. The third-order valence-electron chi connectivity index (χ3n) is 8.26. The standard InChI is InChI=1S/C22H42IN5O4/c1-3-16-5-4-15(2)26(13-16)14-21(17-6-8-18(23)9-7-17)25-24-20-11-10-19(27(29)30)12-22(20)28(31)32/h15-20,22,24,27-29,31H,3-14H2,1-2H3/p+1. The van der Waals surface area contributed by atoms with E-state index < -0.39 is 22.5 Å². The number of nitrogens with one attached hydrogen (secondary N) is 4. The molecule has 1 aliphatic heterocycles. The van der Waals surface area contributed by atoms with Gasteiger partial charge in [0.25, 0.3) is 0 Å². The molecule has 9 nitrogen and oxygen atoms in total. The quantitative estimate of drug-likeness (QED) is 0.105. The molecule has 0 spiro atoms. The number of piperidine rings is 1. The summed E-state index contributed by atoms with van der Waals surface area (Å²) >= 11 is 2.56. The highest BCUT2D eigenvalue weighted by atomic mass is 127. The molecule has 2 saturated carbocycles. The van der Waals surface area contributed by atoms with Crippen molar-refractivity contribution >= 4 is 28.3 Å². The number of likely N-dealkylation sites (tertiary alicyclic amines) is 1. The number of hydrogen-bond acceptors (Lipinski definition) is 6. The molecule has 0 amide bonds. The summed E-state index contributed by atoms with van der Waals surface area (Å²) < 4.78 is 0.742. The number of hydroxylamine groups is 4. The molecule has 8 atom stereocenters. The van der Waals surface area contributed by atoms with Gasteiger partial charge in [-0.2, -0.15) is 5.10 Å². The lowest BCUT2D eigenvalue weighted by atomic mass is 9.84. The van der Waals surface area contributed by atoms with Gasteiger partial charge < -0.3 is 20.7 Å². The lowest BCUT2D eigenvalue weighted by Crippen LogP contribution is -3.17. The van der Waals surface area contributed by atoms with Gasteiger partial charge in [0.1, 0.15) is 18.6 Å². The fourth-order valence-electron chi connectivity index (χ4n) is 5.84. The lowest BCUT2D eigenvalue weighted by Gasteiger charge is -2.39. The Kier molecular flexibility index (Phi) is 10.4. The second-order valence-corrected chi connectivity index (χ2v) is 12.1. The molecule has 6 N–H and O–H groups in total. The predicted octanol–water partition coefficient (Wildman–Crippen LogP) is -0.147.